The van der Waals surface area contributed by atoms with E-state index < -0.39 is 0 Å². The van der Waals surface area contributed by atoms with Gasteiger partial charge in [0, 0.05) is 6.04 Å². The zero-order chi connectivity index (χ0) is 12.1. The molecule has 0 saturated heterocycles. The largest absolute Gasteiger partial charge is 0.497 e. The molecule has 17 heavy (non-hydrogen) atoms. The van der Waals surface area contributed by atoms with Crippen molar-refractivity contribution in [1.82, 2.24) is 0 Å². The number of ether oxygens (including phenoxy) is 2. The molecule has 1 aliphatic rings. The third kappa shape index (κ3) is 3.72. The van der Waals surface area contributed by atoms with Gasteiger partial charge in [0.15, 0.2) is 0 Å². The van der Waals surface area contributed by atoms with Gasteiger partial charge in [-0.15, -0.1) is 0 Å². The highest BCUT2D eigenvalue weighted by Crippen LogP contribution is 2.21. The fourth-order valence-corrected chi connectivity index (χ4v) is 2.19. The number of rotatable bonds is 4. The molecule has 2 rings (SSSR count). The van der Waals surface area contributed by atoms with E-state index in [1.807, 2.05) is 24.3 Å². The standard InChI is InChI=1S/C14H21NO2/c1-16-13-6-2-11(3-7-13)10-17-14-8-4-12(15)5-9-14/h2-3,6-7,12,14H,4-5,8-10,15H2,1H3. The Bertz CT molecular complexity index is 329. The minimum absolute atomic E-state index is 0.385. The minimum atomic E-state index is 0.385. The zero-order valence-corrected chi connectivity index (χ0v) is 10.4. The Morgan fingerprint density at radius 1 is 1.12 bits per heavy atom. The van der Waals surface area contributed by atoms with Crippen LogP contribution in [0.4, 0.5) is 0 Å². The van der Waals surface area contributed by atoms with Crippen molar-refractivity contribution in [2.45, 2.75) is 44.4 Å². The lowest BCUT2D eigenvalue weighted by Gasteiger charge is -2.26. The molecule has 2 N–H and O–H groups in total. The zero-order valence-electron chi connectivity index (χ0n) is 10.4. The van der Waals surface area contributed by atoms with E-state index >= 15 is 0 Å². The molecule has 0 aromatic heterocycles. The Kier molecular flexibility index (Phi) is 4.40. The van der Waals surface area contributed by atoms with Gasteiger partial charge in [0.05, 0.1) is 19.8 Å². The second-order valence-electron chi connectivity index (χ2n) is 4.70. The van der Waals surface area contributed by atoms with E-state index in [9.17, 15) is 0 Å². The summed E-state index contributed by atoms with van der Waals surface area (Å²) in [5.41, 5.74) is 7.06. The molecule has 1 fully saturated rings. The van der Waals surface area contributed by atoms with Crippen molar-refractivity contribution in [2.75, 3.05) is 7.11 Å². The summed E-state index contributed by atoms with van der Waals surface area (Å²) in [6, 6.07) is 8.42. The summed E-state index contributed by atoms with van der Waals surface area (Å²) < 4.78 is 11.0. The Morgan fingerprint density at radius 3 is 2.35 bits per heavy atom. The maximum absolute atomic E-state index is 5.89. The number of benzene rings is 1. The fourth-order valence-electron chi connectivity index (χ4n) is 2.19. The first kappa shape index (κ1) is 12.4. The third-order valence-electron chi connectivity index (χ3n) is 3.36. The highest BCUT2D eigenvalue weighted by molar-refractivity contribution is 5.26. The van der Waals surface area contributed by atoms with E-state index in [1.54, 1.807) is 7.11 Å². The molecule has 0 unspecified atom stereocenters. The van der Waals surface area contributed by atoms with Crippen molar-refractivity contribution in [1.29, 1.82) is 0 Å². The van der Waals surface area contributed by atoms with E-state index in [0.717, 1.165) is 31.4 Å². The van der Waals surface area contributed by atoms with Crippen LogP contribution >= 0.6 is 0 Å². The van der Waals surface area contributed by atoms with Gasteiger partial charge in [-0.05, 0) is 43.4 Å². The number of methoxy groups -OCH3 is 1. The normalized spacial score (nSPS) is 24.6. The van der Waals surface area contributed by atoms with Crippen LogP contribution in [0, 0.1) is 0 Å². The Hall–Kier alpha value is -1.06. The number of hydrogen-bond acceptors (Lipinski definition) is 3. The van der Waals surface area contributed by atoms with Crippen molar-refractivity contribution in [2.24, 2.45) is 5.73 Å². The van der Waals surface area contributed by atoms with Crippen molar-refractivity contribution in [3.8, 4) is 5.75 Å². The molecule has 1 aliphatic carbocycles. The first-order valence-corrected chi connectivity index (χ1v) is 6.28. The predicted molar refractivity (Wildman–Crippen MR) is 68.0 cm³/mol. The van der Waals surface area contributed by atoms with E-state index in [-0.39, 0.29) is 0 Å². The summed E-state index contributed by atoms with van der Waals surface area (Å²) in [7, 11) is 1.68. The molecule has 0 heterocycles. The molecule has 0 atom stereocenters. The van der Waals surface area contributed by atoms with Crippen molar-refractivity contribution < 1.29 is 9.47 Å². The molecule has 3 nitrogen and oxygen atoms in total. The van der Waals surface area contributed by atoms with Gasteiger partial charge in [-0.2, -0.15) is 0 Å². The second kappa shape index (κ2) is 6.03. The van der Waals surface area contributed by atoms with Gasteiger partial charge >= 0.3 is 0 Å². The van der Waals surface area contributed by atoms with Crippen LogP contribution in [0.5, 0.6) is 5.75 Å². The Balaban J connectivity index is 1.77. The molecule has 94 valence electrons. The summed E-state index contributed by atoms with van der Waals surface area (Å²) in [4.78, 5) is 0. The fraction of sp³-hybridized carbons (Fsp3) is 0.571. The SMILES string of the molecule is COc1ccc(COC2CCC(N)CC2)cc1. The average Bonchev–Trinajstić information content (AvgIpc) is 2.39. The van der Waals surface area contributed by atoms with Crippen LogP contribution in [0.25, 0.3) is 0 Å². The molecule has 0 aliphatic heterocycles. The molecule has 0 spiro atoms. The first-order chi connectivity index (χ1) is 8.28. The second-order valence-corrected chi connectivity index (χ2v) is 4.70. The number of nitrogens with two attached hydrogens (primary N) is 1. The topological polar surface area (TPSA) is 44.5 Å². The van der Waals surface area contributed by atoms with Crippen LogP contribution in [-0.4, -0.2) is 19.3 Å². The van der Waals surface area contributed by atoms with E-state index in [0.29, 0.717) is 18.8 Å². The van der Waals surface area contributed by atoms with Crippen LogP contribution in [0.1, 0.15) is 31.2 Å². The number of hydrogen-bond donors (Lipinski definition) is 1. The minimum Gasteiger partial charge on any atom is -0.497 e. The average molecular weight is 235 g/mol. The maximum atomic E-state index is 5.89. The van der Waals surface area contributed by atoms with E-state index in [2.05, 4.69) is 0 Å². The van der Waals surface area contributed by atoms with Crippen LogP contribution in [0.3, 0.4) is 0 Å². The molecule has 0 amide bonds. The maximum Gasteiger partial charge on any atom is 0.118 e. The summed E-state index contributed by atoms with van der Waals surface area (Å²) in [6.45, 7) is 0.684. The van der Waals surface area contributed by atoms with Crippen molar-refractivity contribution in [3.63, 3.8) is 0 Å². The molecule has 1 aromatic carbocycles. The summed E-state index contributed by atoms with van der Waals surface area (Å²) >= 11 is 0. The smallest absolute Gasteiger partial charge is 0.118 e. The third-order valence-corrected chi connectivity index (χ3v) is 3.36. The molecular weight excluding hydrogens is 214 g/mol. The van der Waals surface area contributed by atoms with Crippen LogP contribution in [0.15, 0.2) is 24.3 Å². The molecule has 0 bridgehead atoms. The molecule has 1 saturated carbocycles. The van der Waals surface area contributed by atoms with Crippen molar-refractivity contribution in [3.05, 3.63) is 29.8 Å². The Labute approximate surface area is 103 Å². The van der Waals surface area contributed by atoms with Gasteiger partial charge < -0.3 is 15.2 Å². The van der Waals surface area contributed by atoms with Gasteiger partial charge in [0.1, 0.15) is 5.75 Å². The van der Waals surface area contributed by atoms with E-state index in [4.69, 9.17) is 15.2 Å². The van der Waals surface area contributed by atoms with Gasteiger partial charge in [0.25, 0.3) is 0 Å². The van der Waals surface area contributed by atoms with Gasteiger partial charge in [0.2, 0.25) is 0 Å². The quantitative estimate of drug-likeness (QED) is 0.872. The van der Waals surface area contributed by atoms with Crippen LogP contribution in [0.2, 0.25) is 0 Å². The van der Waals surface area contributed by atoms with E-state index in [1.165, 1.54) is 5.56 Å². The lowest BCUT2D eigenvalue weighted by atomic mass is 9.94. The highest BCUT2D eigenvalue weighted by Gasteiger charge is 2.18. The summed E-state index contributed by atoms with van der Waals surface area (Å²) in [5, 5.41) is 0. The van der Waals surface area contributed by atoms with Crippen molar-refractivity contribution >= 4 is 0 Å². The predicted octanol–water partition coefficient (Wildman–Crippen LogP) is 2.48. The first-order valence-electron chi connectivity index (χ1n) is 6.28. The lowest BCUT2D eigenvalue weighted by Crippen LogP contribution is -2.30. The molecule has 1 aromatic rings. The van der Waals surface area contributed by atoms with Gasteiger partial charge in [-0.3, -0.25) is 0 Å². The summed E-state index contributed by atoms with van der Waals surface area (Å²) in [6.07, 6.45) is 4.76. The molecular formula is C14H21NO2. The van der Waals surface area contributed by atoms with Crippen LogP contribution in [-0.2, 0) is 11.3 Å². The molecule has 3 heteroatoms. The molecule has 0 radical (unpaired) electrons. The highest BCUT2D eigenvalue weighted by atomic mass is 16.5. The van der Waals surface area contributed by atoms with Crippen LogP contribution < -0.4 is 10.5 Å². The Morgan fingerprint density at radius 2 is 1.76 bits per heavy atom. The summed E-state index contributed by atoms with van der Waals surface area (Å²) in [5.74, 6) is 0.886. The van der Waals surface area contributed by atoms with Gasteiger partial charge in [-0.1, -0.05) is 12.1 Å². The monoisotopic (exact) mass is 235 g/mol. The lowest BCUT2D eigenvalue weighted by molar-refractivity contribution is 0.0138. The van der Waals surface area contributed by atoms with Gasteiger partial charge in [-0.25, -0.2) is 0 Å².